The Morgan fingerprint density at radius 1 is 1.05 bits per heavy atom. The predicted octanol–water partition coefficient (Wildman–Crippen LogP) is 2.71. The van der Waals surface area contributed by atoms with Crippen LogP contribution in [0.4, 0.5) is 18.3 Å². The summed E-state index contributed by atoms with van der Waals surface area (Å²) in [6.07, 6.45) is -1.81. The number of carbonyl (C=O) groups is 3. The molecule has 0 bridgehead atoms. The first-order chi connectivity index (χ1) is 17.5. The van der Waals surface area contributed by atoms with Gasteiger partial charge in [0.2, 0.25) is 11.0 Å². The third-order valence-electron chi connectivity index (χ3n) is 7.25. The summed E-state index contributed by atoms with van der Waals surface area (Å²) >= 11 is 1.02. The van der Waals surface area contributed by atoms with Crippen LogP contribution in [0.2, 0.25) is 0 Å². The number of hydrogen-bond donors (Lipinski definition) is 2. The molecule has 9 nitrogen and oxygen atoms in total. The number of piperidine rings is 2. The maximum Gasteiger partial charge on any atom is 0.455 e. The number of nitrogens with zero attached hydrogens (tertiary/aromatic N) is 4. The largest absolute Gasteiger partial charge is 0.455 e. The van der Waals surface area contributed by atoms with Gasteiger partial charge in [0.15, 0.2) is 0 Å². The number of thiazole rings is 1. The van der Waals surface area contributed by atoms with Gasteiger partial charge < -0.3 is 10.6 Å². The van der Waals surface area contributed by atoms with E-state index in [-0.39, 0.29) is 36.8 Å². The summed E-state index contributed by atoms with van der Waals surface area (Å²) < 4.78 is 41.5. The van der Waals surface area contributed by atoms with Crippen LogP contribution in [0.5, 0.6) is 0 Å². The van der Waals surface area contributed by atoms with E-state index < -0.39 is 34.9 Å². The lowest BCUT2D eigenvalue weighted by atomic mass is 9.83. The smallest absolute Gasteiger partial charge is 0.374 e. The zero-order valence-corrected chi connectivity index (χ0v) is 21.2. The van der Waals surface area contributed by atoms with Gasteiger partial charge in [-0.25, -0.2) is 15.8 Å². The molecule has 0 aliphatic carbocycles. The number of para-hydroxylation sites is 1. The molecule has 37 heavy (non-hydrogen) atoms. The number of benzene rings is 1. The van der Waals surface area contributed by atoms with Crippen LogP contribution in [0.25, 0.3) is 10.2 Å². The number of hydrogen-bond acceptors (Lipinski definition) is 8. The van der Waals surface area contributed by atoms with E-state index in [1.54, 1.807) is 24.3 Å². The second-order valence-corrected chi connectivity index (χ2v) is 10.4. The first kappa shape index (κ1) is 27.0. The van der Waals surface area contributed by atoms with Crippen molar-refractivity contribution in [2.75, 3.05) is 31.2 Å². The average Bonchev–Trinajstić information content (AvgIpc) is 3.32. The van der Waals surface area contributed by atoms with Crippen molar-refractivity contribution in [2.24, 2.45) is 11.6 Å². The Morgan fingerprint density at radius 3 is 2.24 bits per heavy atom. The van der Waals surface area contributed by atoms with Crippen molar-refractivity contribution in [3.05, 3.63) is 35.5 Å². The number of likely N-dealkylation sites (tertiary alicyclic amines) is 2. The molecule has 13 heteroatoms. The van der Waals surface area contributed by atoms with Crippen molar-refractivity contribution in [3.63, 3.8) is 0 Å². The van der Waals surface area contributed by atoms with Crippen LogP contribution < -0.4 is 16.6 Å². The number of anilines is 1. The second kappa shape index (κ2) is 10.4. The number of rotatable bonds is 6. The van der Waals surface area contributed by atoms with Crippen LogP contribution in [0.3, 0.4) is 0 Å². The van der Waals surface area contributed by atoms with Gasteiger partial charge >= 0.3 is 6.18 Å². The number of halogens is 3. The highest BCUT2D eigenvalue weighted by Crippen LogP contribution is 2.35. The Morgan fingerprint density at radius 2 is 1.68 bits per heavy atom. The lowest BCUT2D eigenvalue weighted by Crippen LogP contribution is -2.63. The number of allylic oxidation sites excluding steroid dienone is 1. The predicted molar refractivity (Wildman–Crippen MR) is 133 cm³/mol. The van der Waals surface area contributed by atoms with E-state index in [1.807, 2.05) is 0 Å². The third-order valence-corrected chi connectivity index (χ3v) is 8.29. The molecule has 2 amide bonds. The molecule has 2 fully saturated rings. The maximum atomic E-state index is 13.6. The molecule has 1 aromatic heterocycles. The molecular weight excluding hydrogens is 509 g/mol. The topological polar surface area (TPSA) is 126 Å². The maximum absolute atomic E-state index is 13.6. The minimum atomic E-state index is -5.29. The van der Waals surface area contributed by atoms with Gasteiger partial charge in [0.05, 0.1) is 10.2 Å². The molecule has 0 radical (unpaired) electrons. The molecule has 2 aliphatic heterocycles. The Kier molecular flexibility index (Phi) is 7.58. The first-order valence-electron chi connectivity index (χ1n) is 12.0. The van der Waals surface area contributed by atoms with Crippen LogP contribution in [0, 0.1) is 0 Å². The lowest BCUT2D eigenvalue weighted by molar-refractivity contribution is -0.167. The standard InChI is InChI=1S/C24H29F3N6O3S/c1-15(31-13-9-23(10-14-31,21(28)36)32-11-5-2-6-12-32)18(19(34)24(25,26)27)20(35)33(29)22-30-16-7-3-4-8-17(16)37-22/h3-4,7-8H,2,5-6,9-14,29H2,1H3,(H2,28,36). The van der Waals surface area contributed by atoms with Gasteiger partial charge in [-0.2, -0.15) is 13.2 Å². The van der Waals surface area contributed by atoms with Crippen molar-refractivity contribution in [1.82, 2.24) is 14.8 Å². The van der Waals surface area contributed by atoms with E-state index in [9.17, 15) is 27.6 Å². The van der Waals surface area contributed by atoms with Crippen molar-refractivity contribution in [1.29, 1.82) is 0 Å². The van der Waals surface area contributed by atoms with Crippen molar-refractivity contribution >= 4 is 44.3 Å². The Labute approximate surface area is 215 Å². The average molecular weight is 539 g/mol. The van der Waals surface area contributed by atoms with Gasteiger partial charge in [-0.3, -0.25) is 19.3 Å². The number of alkyl halides is 3. The first-order valence-corrected chi connectivity index (χ1v) is 12.8. The number of hydrazine groups is 1. The number of aromatic nitrogens is 1. The summed E-state index contributed by atoms with van der Waals surface area (Å²) in [6.45, 7) is 3.04. The van der Waals surface area contributed by atoms with Crippen molar-refractivity contribution < 1.29 is 27.6 Å². The quantitative estimate of drug-likeness (QED) is 0.145. The molecule has 3 heterocycles. The fourth-order valence-corrected chi connectivity index (χ4v) is 6.03. The molecule has 4 rings (SSSR count). The van der Waals surface area contributed by atoms with E-state index >= 15 is 0 Å². The summed E-state index contributed by atoms with van der Waals surface area (Å²) in [5.41, 5.74) is 4.20. The van der Waals surface area contributed by atoms with Crippen LogP contribution in [0.1, 0.15) is 39.0 Å². The van der Waals surface area contributed by atoms with Gasteiger partial charge in [-0.15, -0.1) is 0 Å². The Hall–Kier alpha value is -3.03. The molecule has 2 saturated heterocycles. The van der Waals surface area contributed by atoms with E-state index in [0.29, 0.717) is 15.2 Å². The summed E-state index contributed by atoms with van der Waals surface area (Å²) in [4.78, 5) is 46.0. The third kappa shape index (κ3) is 5.20. The SMILES string of the molecule is CC(=C(C(=O)N(N)c1nc2ccccc2s1)C(=O)C(F)(F)F)N1CCC(C(N)=O)(N2CCCCC2)CC1. The van der Waals surface area contributed by atoms with Crippen molar-refractivity contribution in [3.8, 4) is 0 Å². The molecule has 2 aliphatic rings. The van der Waals surface area contributed by atoms with Crippen LogP contribution in [0.15, 0.2) is 35.5 Å². The molecule has 0 saturated carbocycles. The molecule has 200 valence electrons. The fraction of sp³-hybridized carbons (Fsp3) is 0.500. The fourth-order valence-electron chi connectivity index (χ4n) is 5.14. The van der Waals surface area contributed by atoms with Gasteiger partial charge in [0, 0.05) is 18.8 Å². The molecule has 0 atom stereocenters. The molecule has 2 aromatic rings. The lowest BCUT2D eigenvalue weighted by Gasteiger charge is -2.48. The number of ketones is 1. The van der Waals surface area contributed by atoms with E-state index in [2.05, 4.69) is 9.88 Å². The highest BCUT2D eigenvalue weighted by Gasteiger charge is 2.48. The van der Waals surface area contributed by atoms with Gasteiger partial charge in [-0.1, -0.05) is 29.9 Å². The number of Topliss-reactive ketones (excluding diaryl/α,β-unsaturated/α-hetero) is 1. The molecular formula is C24H29F3N6O3S. The monoisotopic (exact) mass is 538 g/mol. The summed E-state index contributed by atoms with van der Waals surface area (Å²) in [5, 5.41) is 0.446. The van der Waals surface area contributed by atoms with E-state index in [4.69, 9.17) is 11.6 Å². The van der Waals surface area contributed by atoms with Crippen LogP contribution >= 0.6 is 11.3 Å². The second-order valence-electron chi connectivity index (χ2n) is 9.36. The van der Waals surface area contributed by atoms with E-state index in [0.717, 1.165) is 43.7 Å². The summed E-state index contributed by atoms with van der Waals surface area (Å²) in [7, 11) is 0. The zero-order valence-electron chi connectivity index (χ0n) is 20.4. The number of nitrogens with two attached hydrogens (primary N) is 2. The highest BCUT2D eigenvalue weighted by molar-refractivity contribution is 7.22. The van der Waals surface area contributed by atoms with Crippen LogP contribution in [-0.4, -0.2) is 70.3 Å². The minimum absolute atomic E-state index is 0.0389. The number of carbonyl (C=O) groups excluding carboxylic acids is 3. The number of amides is 2. The number of fused-ring (bicyclic) bond motifs is 1. The zero-order chi connectivity index (χ0) is 27.0. The minimum Gasteiger partial charge on any atom is -0.374 e. The summed E-state index contributed by atoms with van der Waals surface area (Å²) in [6, 6.07) is 6.89. The van der Waals surface area contributed by atoms with Gasteiger partial charge in [0.25, 0.3) is 11.7 Å². The van der Waals surface area contributed by atoms with Crippen LogP contribution in [-0.2, 0) is 14.4 Å². The summed E-state index contributed by atoms with van der Waals surface area (Å²) in [5.74, 6) is 1.87. The molecule has 4 N–H and O–H groups in total. The highest BCUT2D eigenvalue weighted by atomic mass is 32.1. The van der Waals surface area contributed by atoms with E-state index in [1.165, 1.54) is 11.8 Å². The van der Waals surface area contributed by atoms with Gasteiger partial charge in [-0.05, 0) is 57.8 Å². The van der Waals surface area contributed by atoms with Crippen molar-refractivity contribution in [2.45, 2.75) is 50.7 Å². The normalized spacial score (nSPS) is 19.4. The molecule has 1 aromatic carbocycles. The molecule has 0 spiro atoms. The number of primary amides is 1. The molecule has 0 unspecified atom stereocenters. The Bertz CT molecular complexity index is 1200. The Balaban J connectivity index is 1.64. The van der Waals surface area contributed by atoms with Gasteiger partial charge in [0.1, 0.15) is 11.1 Å².